The monoisotopic (exact) mass is 520 g/mol. The van der Waals surface area contributed by atoms with E-state index in [1.807, 2.05) is 12.5 Å². The molecule has 3 atom stereocenters. The van der Waals surface area contributed by atoms with Crippen LogP contribution in [0.1, 0.15) is 53.9 Å². The van der Waals surface area contributed by atoms with Crippen LogP contribution in [-0.2, 0) is 6.54 Å². The predicted octanol–water partition coefficient (Wildman–Crippen LogP) is 7.16. The largest absolute Gasteiger partial charge is 0.337 e. The first-order chi connectivity index (χ1) is 16.4. The van der Waals surface area contributed by atoms with E-state index in [2.05, 4.69) is 139 Å². The lowest BCUT2D eigenvalue weighted by molar-refractivity contribution is 0.307. The number of imidazole rings is 1. The summed E-state index contributed by atoms with van der Waals surface area (Å²) in [6.07, 6.45) is 12.0. The van der Waals surface area contributed by atoms with Crippen molar-refractivity contribution in [2.45, 2.75) is 65.3 Å². The molecule has 0 saturated carbocycles. The van der Waals surface area contributed by atoms with Gasteiger partial charge in [-0.05, 0) is 37.5 Å². The minimum atomic E-state index is 0.326. The van der Waals surface area contributed by atoms with Crippen molar-refractivity contribution < 1.29 is 0 Å². The molecule has 4 heteroatoms. The summed E-state index contributed by atoms with van der Waals surface area (Å²) in [6.45, 7) is 12.9. The smallest absolute Gasteiger partial charge is 0.233 e. The van der Waals surface area contributed by atoms with Crippen molar-refractivity contribution >= 4 is 33.6 Å². The standard InChI is InChI=1S/C16H16BBr.C14H26N2/c1-14(18)12-13-17(15-8-4-2-5-9-15)16-10-6-3-7-11-16;1-5-14(9-13(4)8-12(2)3)10-16-7-6-15-11-16/h2-14H,1H3;6-7,11-14H,5,8-10H2,1-4H3. The number of halogens is 1. The summed E-state index contributed by atoms with van der Waals surface area (Å²) >= 11 is 3.56. The van der Waals surface area contributed by atoms with Crippen LogP contribution in [0.5, 0.6) is 0 Å². The quantitative estimate of drug-likeness (QED) is 0.194. The molecule has 34 heavy (non-hydrogen) atoms. The maximum absolute atomic E-state index is 4.10. The Labute approximate surface area is 217 Å². The van der Waals surface area contributed by atoms with Gasteiger partial charge in [-0.3, -0.25) is 0 Å². The topological polar surface area (TPSA) is 17.8 Å². The fourth-order valence-corrected chi connectivity index (χ4v) is 4.71. The van der Waals surface area contributed by atoms with Gasteiger partial charge in [-0.25, -0.2) is 4.98 Å². The summed E-state index contributed by atoms with van der Waals surface area (Å²) in [5.74, 6) is 4.72. The molecule has 0 amide bonds. The molecule has 2 aromatic carbocycles. The summed E-state index contributed by atoms with van der Waals surface area (Å²) in [5.41, 5.74) is 2.65. The van der Waals surface area contributed by atoms with Crippen molar-refractivity contribution in [1.29, 1.82) is 0 Å². The lowest BCUT2D eigenvalue weighted by Gasteiger charge is -2.21. The number of aromatic nitrogens is 2. The molecule has 0 aliphatic heterocycles. The molecule has 0 radical (unpaired) electrons. The average Bonchev–Trinajstić information content (AvgIpc) is 3.33. The van der Waals surface area contributed by atoms with Crippen LogP contribution >= 0.6 is 15.9 Å². The molecule has 0 bridgehead atoms. The first-order valence-corrected chi connectivity index (χ1v) is 13.7. The van der Waals surface area contributed by atoms with E-state index >= 15 is 0 Å². The normalized spacial score (nSPS) is 13.9. The maximum atomic E-state index is 4.10. The summed E-state index contributed by atoms with van der Waals surface area (Å²) in [7, 11) is 0. The van der Waals surface area contributed by atoms with Crippen molar-refractivity contribution in [3.05, 3.63) is 91.4 Å². The highest BCUT2D eigenvalue weighted by Crippen LogP contribution is 2.22. The van der Waals surface area contributed by atoms with Gasteiger partial charge in [0.2, 0.25) is 6.71 Å². The second-order valence-electron chi connectivity index (χ2n) is 9.87. The predicted molar refractivity (Wildman–Crippen MR) is 155 cm³/mol. The first-order valence-electron chi connectivity index (χ1n) is 12.8. The van der Waals surface area contributed by atoms with Crippen molar-refractivity contribution in [3.8, 4) is 0 Å². The number of nitrogens with zero attached hydrogens (tertiary/aromatic N) is 2. The Kier molecular flexibility index (Phi) is 13.1. The minimum Gasteiger partial charge on any atom is -0.337 e. The number of allylic oxidation sites excluding steroid dienone is 1. The molecule has 182 valence electrons. The van der Waals surface area contributed by atoms with Gasteiger partial charge in [0.05, 0.1) is 6.33 Å². The lowest BCUT2D eigenvalue weighted by atomic mass is 9.40. The van der Waals surface area contributed by atoms with E-state index in [1.54, 1.807) is 0 Å². The van der Waals surface area contributed by atoms with Gasteiger partial charge in [0.15, 0.2) is 0 Å². The zero-order valence-electron chi connectivity index (χ0n) is 21.6. The second-order valence-corrected chi connectivity index (χ2v) is 11.3. The van der Waals surface area contributed by atoms with Gasteiger partial charge in [-0.1, -0.05) is 128 Å². The summed E-state index contributed by atoms with van der Waals surface area (Å²) in [5, 5.41) is 0. The maximum Gasteiger partial charge on any atom is 0.233 e. The van der Waals surface area contributed by atoms with Crippen molar-refractivity contribution in [2.75, 3.05) is 0 Å². The third-order valence-electron chi connectivity index (χ3n) is 6.10. The van der Waals surface area contributed by atoms with Crippen LogP contribution < -0.4 is 10.9 Å². The SMILES string of the molecule is CC(Br)C=CB(c1ccccc1)c1ccccc1.CCC(CC(C)CC(C)C)Cn1ccnc1. The molecular weight excluding hydrogens is 479 g/mol. The van der Waals surface area contributed by atoms with E-state index < -0.39 is 0 Å². The molecular formula is C30H42BBrN2. The fraction of sp³-hybridized carbons (Fsp3) is 0.433. The molecule has 3 rings (SSSR count). The zero-order chi connectivity index (χ0) is 24.8. The summed E-state index contributed by atoms with van der Waals surface area (Å²) < 4.78 is 2.20. The van der Waals surface area contributed by atoms with Gasteiger partial charge in [0, 0.05) is 23.8 Å². The molecule has 2 nitrogen and oxygen atoms in total. The van der Waals surface area contributed by atoms with Crippen molar-refractivity contribution in [2.24, 2.45) is 17.8 Å². The molecule has 0 spiro atoms. The molecule has 0 aliphatic rings. The first kappa shape index (κ1) is 28.2. The number of rotatable bonds is 11. The second kappa shape index (κ2) is 15.8. The number of benzene rings is 2. The average molecular weight is 521 g/mol. The number of hydrogen-bond donors (Lipinski definition) is 0. The van der Waals surface area contributed by atoms with E-state index in [-0.39, 0.29) is 0 Å². The molecule has 1 heterocycles. The van der Waals surface area contributed by atoms with Crippen LogP contribution in [0.4, 0.5) is 0 Å². The molecule has 0 aliphatic carbocycles. The van der Waals surface area contributed by atoms with Gasteiger partial charge >= 0.3 is 0 Å². The Hall–Kier alpha value is -2.07. The molecule has 0 N–H and O–H groups in total. The van der Waals surface area contributed by atoms with E-state index in [1.165, 1.54) is 30.2 Å². The van der Waals surface area contributed by atoms with Crippen molar-refractivity contribution in [3.63, 3.8) is 0 Å². The Morgan fingerprint density at radius 1 is 0.912 bits per heavy atom. The van der Waals surface area contributed by atoms with E-state index in [0.717, 1.165) is 24.3 Å². The third kappa shape index (κ3) is 10.9. The number of alkyl halides is 1. The van der Waals surface area contributed by atoms with Crippen LogP contribution in [0.25, 0.3) is 0 Å². The zero-order valence-corrected chi connectivity index (χ0v) is 23.2. The fourth-order valence-electron chi connectivity index (χ4n) is 4.53. The Bertz CT molecular complexity index is 868. The lowest BCUT2D eigenvalue weighted by Crippen LogP contribution is -2.40. The summed E-state index contributed by atoms with van der Waals surface area (Å²) in [4.78, 5) is 4.50. The van der Waals surface area contributed by atoms with Gasteiger partial charge in [0.25, 0.3) is 0 Å². The molecule has 0 saturated heterocycles. The van der Waals surface area contributed by atoms with Gasteiger partial charge < -0.3 is 4.57 Å². The molecule has 3 unspecified atom stereocenters. The molecule has 3 aromatic rings. The minimum absolute atomic E-state index is 0.326. The van der Waals surface area contributed by atoms with Crippen LogP contribution in [0.3, 0.4) is 0 Å². The van der Waals surface area contributed by atoms with Gasteiger partial charge in [0.1, 0.15) is 0 Å². The van der Waals surface area contributed by atoms with Crippen LogP contribution in [-0.4, -0.2) is 21.1 Å². The van der Waals surface area contributed by atoms with Gasteiger partial charge in [-0.15, -0.1) is 5.98 Å². The molecule has 0 fully saturated rings. The van der Waals surface area contributed by atoms with E-state index in [4.69, 9.17) is 0 Å². The Balaban J connectivity index is 0.000000242. The Morgan fingerprint density at radius 2 is 1.50 bits per heavy atom. The van der Waals surface area contributed by atoms with Crippen LogP contribution in [0, 0.1) is 17.8 Å². The van der Waals surface area contributed by atoms with Crippen molar-refractivity contribution in [1.82, 2.24) is 9.55 Å². The van der Waals surface area contributed by atoms with Crippen LogP contribution in [0.2, 0.25) is 0 Å². The molecule has 1 aromatic heterocycles. The third-order valence-corrected chi connectivity index (χ3v) is 6.41. The van der Waals surface area contributed by atoms with E-state index in [0.29, 0.717) is 11.5 Å². The highest BCUT2D eigenvalue weighted by atomic mass is 79.9. The van der Waals surface area contributed by atoms with Crippen LogP contribution in [0.15, 0.2) is 91.4 Å². The summed E-state index contributed by atoms with van der Waals surface area (Å²) in [6, 6.07) is 21.2. The highest BCUT2D eigenvalue weighted by molar-refractivity contribution is 9.09. The highest BCUT2D eigenvalue weighted by Gasteiger charge is 2.15. The van der Waals surface area contributed by atoms with E-state index in [9.17, 15) is 0 Å². The number of hydrogen-bond acceptors (Lipinski definition) is 1. The van der Waals surface area contributed by atoms with Gasteiger partial charge in [-0.2, -0.15) is 0 Å². The Morgan fingerprint density at radius 3 is 1.94 bits per heavy atom.